The molecule has 0 aromatic heterocycles. The molecule has 1 aliphatic heterocycles. The molecule has 1 nitrogen and oxygen atoms in total. The molecule has 194 valence electrons. The third-order valence-electron chi connectivity index (χ3n) is 7.61. The largest absolute Gasteiger partial charge is 0.299 e. The van der Waals surface area contributed by atoms with Gasteiger partial charge in [-0.25, -0.2) is 0 Å². The van der Waals surface area contributed by atoms with Crippen molar-refractivity contribution in [2.24, 2.45) is 11.8 Å². The molecule has 2 aromatic carbocycles. The molecule has 36 heavy (non-hydrogen) atoms. The Kier molecular flexibility index (Phi) is 13.9. The van der Waals surface area contributed by atoms with Crippen molar-refractivity contribution in [3.63, 3.8) is 0 Å². The summed E-state index contributed by atoms with van der Waals surface area (Å²) in [6.07, 6.45) is 15.4. The lowest BCUT2D eigenvalue weighted by molar-refractivity contribution is 0.0551. The van der Waals surface area contributed by atoms with Gasteiger partial charge in [0.05, 0.1) is 0 Å². The smallest absolute Gasteiger partial charge is 0.0170 e. The number of rotatable bonds is 11. The molecular formula is C35H49N. The van der Waals surface area contributed by atoms with E-state index in [2.05, 4.69) is 125 Å². The first-order chi connectivity index (χ1) is 17.5. The summed E-state index contributed by atoms with van der Waals surface area (Å²) in [5, 5.41) is 0. The molecule has 0 N–H and O–H groups in total. The number of allylic oxidation sites excluding steroid dienone is 5. The molecule has 2 aromatic rings. The van der Waals surface area contributed by atoms with Crippen LogP contribution in [0.25, 0.3) is 0 Å². The summed E-state index contributed by atoms with van der Waals surface area (Å²) in [7, 11) is 0. The van der Waals surface area contributed by atoms with Crippen molar-refractivity contribution in [1.82, 2.24) is 4.90 Å². The van der Waals surface area contributed by atoms with Crippen molar-refractivity contribution in [3.05, 3.63) is 120 Å². The van der Waals surface area contributed by atoms with E-state index in [4.69, 9.17) is 0 Å². The van der Waals surface area contributed by atoms with E-state index in [0.717, 1.165) is 30.8 Å². The fraction of sp³-hybridized carbons (Fsp3) is 0.429. The van der Waals surface area contributed by atoms with Crippen molar-refractivity contribution < 1.29 is 0 Å². The predicted octanol–water partition coefficient (Wildman–Crippen LogP) is 9.24. The molecule has 1 heteroatoms. The van der Waals surface area contributed by atoms with Crippen molar-refractivity contribution in [3.8, 4) is 0 Å². The standard InChI is InChI=1S/C29H39N.C6H10/c1-4-6-13-25(5-2)19-21-30-20-18-24(3)28(22-26-14-9-7-10-15-26)29(30)23-27-16-11-8-12-17-27;1-4-6(3)5-2/h4,6-17,24,28-29H,5,18-23H2,1-3H3;4H,1,3,5H2,2H3/b6-4-,25-13+;/t24?,28-,29+;/m1./s1. The Hall–Kier alpha value is -2.64. The third kappa shape index (κ3) is 10.2. The summed E-state index contributed by atoms with van der Waals surface area (Å²) in [5.41, 5.74) is 5.62. The second-order valence-electron chi connectivity index (χ2n) is 10.1. The number of likely N-dealkylation sites (tertiary alicyclic amines) is 1. The van der Waals surface area contributed by atoms with Gasteiger partial charge in [0.2, 0.25) is 0 Å². The Bertz CT molecular complexity index is 937. The topological polar surface area (TPSA) is 3.24 Å². The minimum absolute atomic E-state index is 0.608. The van der Waals surface area contributed by atoms with Crippen LogP contribution in [-0.2, 0) is 12.8 Å². The van der Waals surface area contributed by atoms with Gasteiger partial charge in [-0.2, -0.15) is 0 Å². The number of hydrogen-bond donors (Lipinski definition) is 0. The van der Waals surface area contributed by atoms with Gasteiger partial charge in [-0.05, 0) is 75.0 Å². The van der Waals surface area contributed by atoms with Gasteiger partial charge in [0.1, 0.15) is 0 Å². The first-order valence-electron chi connectivity index (χ1n) is 13.9. The zero-order chi connectivity index (χ0) is 26.2. The maximum absolute atomic E-state index is 3.67. The molecule has 1 saturated heterocycles. The van der Waals surface area contributed by atoms with Crippen LogP contribution in [0.15, 0.2) is 109 Å². The van der Waals surface area contributed by atoms with Gasteiger partial charge < -0.3 is 0 Å². The lowest BCUT2D eigenvalue weighted by Crippen LogP contribution is -2.50. The highest BCUT2D eigenvalue weighted by molar-refractivity contribution is 5.20. The molecule has 0 bridgehead atoms. The molecule has 1 unspecified atom stereocenters. The lowest BCUT2D eigenvalue weighted by atomic mass is 9.75. The van der Waals surface area contributed by atoms with Crippen LogP contribution >= 0.6 is 0 Å². The molecule has 0 amide bonds. The van der Waals surface area contributed by atoms with Crippen LogP contribution in [-0.4, -0.2) is 24.0 Å². The molecular weight excluding hydrogens is 434 g/mol. The van der Waals surface area contributed by atoms with Gasteiger partial charge in [0, 0.05) is 12.6 Å². The van der Waals surface area contributed by atoms with Crippen molar-refractivity contribution in [2.75, 3.05) is 13.1 Å². The monoisotopic (exact) mass is 483 g/mol. The third-order valence-corrected chi connectivity index (χ3v) is 7.61. The number of piperidine rings is 1. The average Bonchev–Trinajstić information content (AvgIpc) is 2.92. The summed E-state index contributed by atoms with van der Waals surface area (Å²) >= 11 is 0. The summed E-state index contributed by atoms with van der Waals surface area (Å²) in [4.78, 5) is 2.81. The van der Waals surface area contributed by atoms with E-state index in [1.807, 2.05) is 0 Å². The van der Waals surface area contributed by atoms with Crippen LogP contribution in [0.1, 0.15) is 64.5 Å². The second-order valence-corrected chi connectivity index (χ2v) is 10.1. The number of benzene rings is 2. The van der Waals surface area contributed by atoms with Crippen LogP contribution < -0.4 is 0 Å². The molecule has 0 aliphatic carbocycles. The van der Waals surface area contributed by atoms with Gasteiger partial charge >= 0.3 is 0 Å². The Balaban J connectivity index is 0.000000678. The molecule has 3 atom stereocenters. The van der Waals surface area contributed by atoms with Crippen molar-refractivity contribution in [1.29, 1.82) is 0 Å². The molecule has 0 saturated carbocycles. The SMILES string of the molecule is C/C=C\C=C(/CC)CCN1CCC(C)[C@@H](Cc2ccccc2)[C@@H]1Cc1ccccc1.C=CC(=C)CC. The summed E-state index contributed by atoms with van der Waals surface area (Å²) in [6.45, 7) is 18.5. The summed E-state index contributed by atoms with van der Waals surface area (Å²) in [5.74, 6) is 1.46. The number of nitrogens with zero attached hydrogens (tertiary/aromatic N) is 1. The summed E-state index contributed by atoms with van der Waals surface area (Å²) < 4.78 is 0. The Labute approximate surface area is 222 Å². The quantitative estimate of drug-likeness (QED) is 0.288. The van der Waals surface area contributed by atoms with E-state index in [1.165, 1.54) is 43.5 Å². The zero-order valence-electron chi connectivity index (χ0n) is 23.3. The lowest BCUT2D eigenvalue weighted by Gasteiger charge is -2.45. The fourth-order valence-electron chi connectivity index (χ4n) is 5.08. The highest BCUT2D eigenvalue weighted by atomic mass is 15.2. The predicted molar refractivity (Wildman–Crippen MR) is 160 cm³/mol. The van der Waals surface area contributed by atoms with Gasteiger partial charge in [0.15, 0.2) is 0 Å². The summed E-state index contributed by atoms with van der Waals surface area (Å²) in [6, 6.07) is 22.8. The van der Waals surface area contributed by atoms with E-state index >= 15 is 0 Å². The van der Waals surface area contributed by atoms with Crippen LogP contribution in [0.5, 0.6) is 0 Å². The molecule has 3 rings (SSSR count). The first kappa shape index (κ1) is 29.6. The van der Waals surface area contributed by atoms with Crippen molar-refractivity contribution in [2.45, 2.75) is 72.3 Å². The van der Waals surface area contributed by atoms with Crippen LogP contribution in [0.3, 0.4) is 0 Å². The maximum Gasteiger partial charge on any atom is 0.0170 e. The van der Waals surface area contributed by atoms with Crippen LogP contribution in [0.4, 0.5) is 0 Å². The molecule has 1 aliphatic rings. The minimum Gasteiger partial charge on any atom is -0.299 e. The average molecular weight is 484 g/mol. The van der Waals surface area contributed by atoms with E-state index < -0.39 is 0 Å². The first-order valence-corrected chi connectivity index (χ1v) is 13.9. The fourth-order valence-corrected chi connectivity index (χ4v) is 5.08. The van der Waals surface area contributed by atoms with E-state index in [0.29, 0.717) is 12.0 Å². The number of hydrogen-bond acceptors (Lipinski definition) is 1. The van der Waals surface area contributed by atoms with Gasteiger partial charge in [-0.1, -0.05) is 130 Å². The minimum atomic E-state index is 0.608. The van der Waals surface area contributed by atoms with Gasteiger partial charge in [0.25, 0.3) is 0 Å². The highest BCUT2D eigenvalue weighted by Crippen LogP contribution is 2.34. The molecule has 0 spiro atoms. The zero-order valence-corrected chi connectivity index (χ0v) is 23.3. The van der Waals surface area contributed by atoms with E-state index in [9.17, 15) is 0 Å². The molecule has 0 radical (unpaired) electrons. The molecule has 1 heterocycles. The molecule has 1 fully saturated rings. The Morgan fingerprint density at radius 2 is 1.56 bits per heavy atom. The van der Waals surface area contributed by atoms with Crippen LogP contribution in [0.2, 0.25) is 0 Å². The van der Waals surface area contributed by atoms with Crippen LogP contribution in [0, 0.1) is 11.8 Å². The Morgan fingerprint density at radius 3 is 2.06 bits per heavy atom. The van der Waals surface area contributed by atoms with E-state index in [1.54, 1.807) is 11.6 Å². The van der Waals surface area contributed by atoms with Gasteiger partial charge in [-0.15, -0.1) is 0 Å². The maximum atomic E-state index is 3.67. The van der Waals surface area contributed by atoms with E-state index in [-0.39, 0.29) is 0 Å². The normalized spacial score (nSPS) is 20.6. The highest BCUT2D eigenvalue weighted by Gasteiger charge is 2.35. The second kappa shape index (κ2) is 16.9. The Morgan fingerprint density at radius 1 is 0.944 bits per heavy atom. The van der Waals surface area contributed by atoms with Crippen molar-refractivity contribution >= 4 is 0 Å². The van der Waals surface area contributed by atoms with Gasteiger partial charge in [-0.3, -0.25) is 4.90 Å².